The topological polar surface area (TPSA) is 92.3 Å². The lowest BCUT2D eigenvalue weighted by molar-refractivity contribution is 0.196. The minimum atomic E-state index is -3.58. The number of rotatable bonds is 10. The first-order valence-corrected chi connectivity index (χ1v) is 13.2. The van der Waals surface area contributed by atoms with Crippen LogP contribution >= 0.6 is 0 Å². The van der Waals surface area contributed by atoms with Crippen molar-refractivity contribution < 1.29 is 25.6 Å². The molecule has 0 fully saturated rings. The van der Waals surface area contributed by atoms with E-state index in [0.717, 1.165) is 6.26 Å². The molecule has 0 heterocycles. The molecule has 0 saturated heterocycles. The third kappa shape index (κ3) is 7.34. The van der Waals surface area contributed by atoms with E-state index in [1.165, 1.54) is 26.8 Å². The van der Waals surface area contributed by atoms with Crippen molar-refractivity contribution in [3.8, 4) is 11.1 Å². The molecule has 2 N–H and O–H groups in total. The van der Waals surface area contributed by atoms with E-state index in [1.54, 1.807) is 36.4 Å². The Morgan fingerprint density at radius 2 is 1.55 bits per heavy atom. The summed E-state index contributed by atoms with van der Waals surface area (Å²) in [6, 6.07) is 11.0. The summed E-state index contributed by atoms with van der Waals surface area (Å²) in [7, 11) is -6.92. The van der Waals surface area contributed by atoms with Gasteiger partial charge in [-0.05, 0) is 55.5 Å². The molecular formula is C21H28F2N2O4S2. The maximum absolute atomic E-state index is 15.0. The van der Waals surface area contributed by atoms with Crippen LogP contribution in [0.15, 0.2) is 42.5 Å². The number of nitrogens with one attached hydrogen (secondary N) is 2. The summed E-state index contributed by atoms with van der Waals surface area (Å²) in [6.45, 7) is 4.03. The summed E-state index contributed by atoms with van der Waals surface area (Å²) in [5.41, 5.74) is 0.0197. The third-order valence-electron chi connectivity index (χ3n) is 4.86. The van der Waals surface area contributed by atoms with Gasteiger partial charge in [0.2, 0.25) is 20.0 Å². The van der Waals surface area contributed by atoms with Crippen LogP contribution in [0.1, 0.15) is 31.9 Å². The van der Waals surface area contributed by atoms with E-state index in [1.807, 2.05) is 0 Å². The zero-order chi connectivity index (χ0) is 23.4. The first-order chi connectivity index (χ1) is 14.2. The number of halogens is 2. The molecule has 1 unspecified atom stereocenters. The molecule has 0 amide bonds. The molecule has 0 aliphatic heterocycles. The Morgan fingerprint density at radius 1 is 0.968 bits per heavy atom. The van der Waals surface area contributed by atoms with Crippen molar-refractivity contribution in [3.63, 3.8) is 0 Å². The van der Waals surface area contributed by atoms with Gasteiger partial charge >= 0.3 is 0 Å². The van der Waals surface area contributed by atoms with Gasteiger partial charge in [0, 0.05) is 13.1 Å². The summed E-state index contributed by atoms with van der Waals surface area (Å²) in [4.78, 5) is 0. The van der Waals surface area contributed by atoms with Crippen molar-refractivity contribution in [1.29, 1.82) is 0 Å². The normalized spacial score (nSPS) is 14.5. The molecule has 2 aromatic rings. The van der Waals surface area contributed by atoms with Gasteiger partial charge in [-0.3, -0.25) is 0 Å². The fourth-order valence-electron chi connectivity index (χ4n) is 2.82. The zero-order valence-corrected chi connectivity index (χ0v) is 19.6. The largest absolute Gasteiger partial charge is 0.238 e. The minimum absolute atomic E-state index is 0.0967. The minimum Gasteiger partial charge on any atom is -0.238 e. The molecule has 172 valence electrons. The summed E-state index contributed by atoms with van der Waals surface area (Å²) >= 11 is 0. The maximum atomic E-state index is 15.0. The predicted molar refractivity (Wildman–Crippen MR) is 119 cm³/mol. The molecule has 0 radical (unpaired) electrons. The van der Waals surface area contributed by atoms with Crippen LogP contribution in [0.4, 0.5) is 8.78 Å². The van der Waals surface area contributed by atoms with Crippen LogP contribution in [-0.2, 0) is 32.1 Å². The molecule has 0 bridgehead atoms. The molecule has 0 aromatic heterocycles. The Balaban J connectivity index is 2.11. The molecule has 0 spiro atoms. The molecular weight excluding hydrogens is 446 g/mol. The smallest absolute Gasteiger partial charge is 0.214 e. The van der Waals surface area contributed by atoms with Crippen LogP contribution in [-0.4, -0.2) is 41.4 Å². The van der Waals surface area contributed by atoms with Crippen molar-refractivity contribution >= 4 is 20.0 Å². The Labute approximate surface area is 183 Å². The second-order valence-corrected chi connectivity index (χ2v) is 12.1. The van der Waals surface area contributed by atoms with Gasteiger partial charge in [-0.2, -0.15) is 0 Å². The van der Waals surface area contributed by atoms with Gasteiger partial charge < -0.3 is 0 Å². The van der Waals surface area contributed by atoms with Gasteiger partial charge in [-0.25, -0.2) is 35.1 Å². The van der Waals surface area contributed by atoms with Crippen LogP contribution in [0.5, 0.6) is 0 Å². The number of hydrogen-bond acceptors (Lipinski definition) is 4. The molecule has 1 atom stereocenters. The van der Waals surface area contributed by atoms with Crippen LogP contribution < -0.4 is 9.44 Å². The van der Waals surface area contributed by atoms with Crippen molar-refractivity contribution in [1.82, 2.24) is 9.44 Å². The van der Waals surface area contributed by atoms with Crippen LogP contribution in [0.2, 0.25) is 0 Å². The molecule has 0 aliphatic carbocycles. The van der Waals surface area contributed by atoms with Gasteiger partial charge in [0.25, 0.3) is 0 Å². The highest BCUT2D eigenvalue weighted by molar-refractivity contribution is 7.90. The lowest BCUT2D eigenvalue weighted by Crippen LogP contribution is -2.39. The van der Waals surface area contributed by atoms with E-state index >= 15 is 4.39 Å². The highest BCUT2D eigenvalue weighted by atomic mass is 32.2. The number of benzene rings is 2. The van der Waals surface area contributed by atoms with Crippen molar-refractivity contribution in [3.05, 3.63) is 59.4 Å². The van der Waals surface area contributed by atoms with Crippen LogP contribution in [0.3, 0.4) is 0 Å². The molecule has 10 heteroatoms. The maximum Gasteiger partial charge on any atom is 0.214 e. The Kier molecular flexibility index (Phi) is 7.96. The van der Waals surface area contributed by atoms with E-state index < -0.39 is 43.3 Å². The number of hydrogen-bond donors (Lipinski definition) is 2. The van der Waals surface area contributed by atoms with E-state index in [4.69, 9.17) is 0 Å². The van der Waals surface area contributed by atoms with Crippen molar-refractivity contribution in [2.24, 2.45) is 0 Å². The van der Waals surface area contributed by atoms with E-state index in [-0.39, 0.29) is 13.0 Å². The second-order valence-electron chi connectivity index (χ2n) is 7.91. The standard InChI is InChI=1S/C21H28F2N2O4S2/c1-15(2)31(28,29)25-14-21(3,23)19-9-7-16(8-10-19)18-6-5-17(20(22)13-18)11-12-24-30(4,26)27/h5-10,13,15,24-25H,11-12,14H2,1-4H3. The number of alkyl halides is 1. The second kappa shape index (κ2) is 9.72. The molecule has 2 aromatic carbocycles. The van der Waals surface area contributed by atoms with Gasteiger partial charge in [0.05, 0.1) is 11.5 Å². The highest BCUT2D eigenvalue weighted by Crippen LogP contribution is 2.29. The number of sulfonamides is 2. The average molecular weight is 475 g/mol. The van der Waals surface area contributed by atoms with E-state index in [9.17, 15) is 21.2 Å². The summed E-state index contributed by atoms with van der Waals surface area (Å²) in [5, 5.41) is -0.661. The van der Waals surface area contributed by atoms with Crippen molar-refractivity contribution in [2.45, 2.75) is 38.1 Å². The first kappa shape index (κ1) is 25.4. The summed E-state index contributed by atoms with van der Waals surface area (Å²) in [6.07, 6.45) is 1.25. The molecule has 2 rings (SSSR count). The van der Waals surface area contributed by atoms with Gasteiger partial charge in [0.1, 0.15) is 11.5 Å². The fourth-order valence-corrected chi connectivity index (χ4v) is 4.09. The molecule has 0 saturated carbocycles. The fraction of sp³-hybridized carbons (Fsp3) is 0.429. The Hall–Kier alpha value is -1.88. The van der Waals surface area contributed by atoms with E-state index in [2.05, 4.69) is 9.44 Å². The third-order valence-corrected chi connectivity index (χ3v) is 7.37. The lowest BCUT2D eigenvalue weighted by Gasteiger charge is -2.22. The Bertz CT molecular complexity index is 1110. The lowest BCUT2D eigenvalue weighted by atomic mass is 9.95. The molecule has 6 nitrogen and oxygen atoms in total. The van der Waals surface area contributed by atoms with Crippen LogP contribution in [0.25, 0.3) is 11.1 Å². The predicted octanol–water partition coefficient (Wildman–Crippen LogP) is 3.10. The zero-order valence-electron chi connectivity index (χ0n) is 17.9. The average Bonchev–Trinajstić information content (AvgIpc) is 2.67. The summed E-state index contributed by atoms with van der Waals surface area (Å²) < 4.78 is 80.0. The van der Waals surface area contributed by atoms with Gasteiger partial charge in [-0.1, -0.05) is 36.4 Å². The quantitative estimate of drug-likeness (QED) is 0.554. The van der Waals surface area contributed by atoms with Crippen molar-refractivity contribution in [2.75, 3.05) is 19.3 Å². The highest BCUT2D eigenvalue weighted by Gasteiger charge is 2.29. The SMILES string of the molecule is CC(C)S(=O)(=O)NCC(C)(F)c1ccc(-c2ccc(CCNS(C)(=O)=O)c(F)c2)cc1. The molecule has 31 heavy (non-hydrogen) atoms. The monoisotopic (exact) mass is 474 g/mol. The van der Waals surface area contributed by atoms with Gasteiger partial charge in [-0.15, -0.1) is 0 Å². The van der Waals surface area contributed by atoms with Crippen LogP contribution in [0, 0.1) is 5.82 Å². The summed E-state index contributed by atoms with van der Waals surface area (Å²) in [5.74, 6) is -0.463. The first-order valence-electron chi connectivity index (χ1n) is 9.73. The van der Waals surface area contributed by atoms with E-state index in [0.29, 0.717) is 22.3 Å². The Morgan fingerprint density at radius 3 is 2.06 bits per heavy atom. The molecule has 0 aliphatic rings. The van der Waals surface area contributed by atoms with Gasteiger partial charge in [0.15, 0.2) is 0 Å².